The van der Waals surface area contributed by atoms with E-state index in [0.29, 0.717) is 22.6 Å². The van der Waals surface area contributed by atoms with Crippen LogP contribution < -0.4 is 10.3 Å². The summed E-state index contributed by atoms with van der Waals surface area (Å²) in [4.78, 5) is 18.5. The first kappa shape index (κ1) is 13.3. The van der Waals surface area contributed by atoms with Gasteiger partial charge in [0.2, 0.25) is 0 Å². The van der Waals surface area contributed by atoms with Crippen LogP contribution in [-0.2, 0) is 0 Å². The van der Waals surface area contributed by atoms with Gasteiger partial charge in [-0.15, -0.1) is 0 Å². The topological polar surface area (TPSA) is 55.0 Å². The molecular weight excluding hydrogens is 247 g/mol. The number of hydrogen-bond donors (Lipinski definition) is 1. The molecule has 100 valence electrons. The molecule has 1 aromatic carbocycles. The minimum Gasteiger partial charge on any atom is -0.497 e. The van der Waals surface area contributed by atoms with E-state index in [4.69, 9.17) is 4.74 Å². The SMILES string of the molecule is COc1ccc(-c2nc[nH]c(=O)c2C(C)C)c(F)c1. The number of ether oxygens (including phenoxy) is 1. The fraction of sp³-hybridized carbons (Fsp3) is 0.286. The van der Waals surface area contributed by atoms with Gasteiger partial charge in [0.05, 0.1) is 19.1 Å². The number of hydrogen-bond acceptors (Lipinski definition) is 3. The van der Waals surface area contributed by atoms with Crippen molar-refractivity contribution in [2.75, 3.05) is 7.11 Å². The first-order valence-electron chi connectivity index (χ1n) is 5.96. The lowest BCUT2D eigenvalue weighted by molar-refractivity contribution is 0.411. The number of nitrogens with zero attached hydrogens (tertiary/aromatic N) is 1. The van der Waals surface area contributed by atoms with Gasteiger partial charge in [0.1, 0.15) is 11.6 Å². The van der Waals surface area contributed by atoms with Gasteiger partial charge in [0.15, 0.2) is 0 Å². The van der Waals surface area contributed by atoms with Gasteiger partial charge in [0, 0.05) is 17.2 Å². The van der Waals surface area contributed by atoms with E-state index in [2.05, 4.69) is 9.97 Å². The predicted molar refractivity (Wildman–Crippen MR) is 70.9 cm³/mol. The lowest BCUT2D eigenvalue weighted by Crippen LogP contribution is -2.16. The van der Waals surface area contributed by atoms with E-state index in [9.17, 15) is 9.18 Å². The van der Waals surface area contributed by atoms with Crippen LogP contribution in [0.1, 0.15) is 25.3 Å². The summed E-state index contributed by atoms with van der Waals surface area (Å²) in [6, 6.07) is 4.50. The van der Waals surface area contributed by atoms with Crippen molar-refractivity contribution in [3.63, 3.8) is 0 Å². The van der Waals surface area contributed by atoms with E-state index in [1.165, 1.54) is 19.5 Å². The average molecular weight is 262 g/mol. The molecule has 0 atom stereocenters. The van der Waals surface area contributed by atoms with Crippen molar-refractivity contribution in [1.29, 1.82) is 0 Å². The van der Waals surface area contributed by atoms with E-state index in [1.54, 1.807) is 12.1 Å². The molecule has 5 heteroatoms. The average Bonchev–Trinajstić information content (AvgIpc) is 2.37. The Morgan fingerprint density at radius 1 is 1.37 bits per heavy atom. The van der Waals surface area contributed by atoms with Gasteiger partial charge in [-0.2, -0.15) is 0 Å². The smallest absolute Gasteiger partial charge is 0.254 e. The molecule has 0 saturated heterocycles. The monoisotopic (exact) mass is 262 g/mol. The van der Waals surface area contributed by atoms with Gasteiger partial charge in [-0.05, 0) is 18.1 Å². The number of aromatic amines is 1. The molecule has 4 nitrogen and oxygen atoms in total. The van der Waals surface area contributed by atoms with Crippen molar-refractivity contribution in [2.24, 2.45) is 0 Å². The van der Waals surface area contributed by atoms with Gasteiger partial charge < -0.3 is 9.72 Å². The zero-order valence-electron chi connectivity index (χ0n) is 11.0. The van der Waals surface area contributed by atoms with E-state index in [1.807, 2.05) is 13.8 Å². The van der Waals surface area contributed by atoms with Crippen LogP contribution in [0.25, 0.3) is 11.3 Å². The zero-order chi connectivity index (χ0) is 14.0. The van der Waals surface area contributed by atoms with E-state index in [0.717, 1.165) is 0 Å². The zero-order valence-corrected chi connectivity index (χ0v) is 11.0. The molecule has 0 radical (unpaired) electrons. The van der Waals surface area contributed by atoms with Crippen molar-refractivity contribution in [3.8, 4) is 17.0 Å². The maximum Gasteiger partial charge on any atom is 0.254 e. The van der Waals surface area contributed by atoms with Crippen molar-refractivity contribution in [2.45, 2.75) is 19.8 Å². The molecule has 1 N–H and O–H groups in total. The highest BCUT2D eigenvalue weighted by molar-refractivity contribution is 5.64. The van der Waals surface area contributed by atoms with Crippen LogP contribution in [0.4, 0.5) is 4.39 Å². The number of aromatic nitrogens is 2. The molecule has 0 aliphatic carbocycles. The number of methoxy groups -OCH3 is 1. The largest absolute Gasteiger partial charge is 0.497 e. The van der Waals surface area contributed by atoms with Crippen molar-refractivity contribution >= 4 is 0 Å². The Kier molecular flexibility index (Phi) is 3.64. The minimum atomic E-state index is -0.459. The number of H-pyrrole nitrogens is 1. The number of halogens is 1. The molecule has 0 spiro atoms. The molecule has 0 amide bonds. The summed E-state index contributed by atoms with van der Waals surface area (Å²) in [5, 5.41) is 0. The summed E-state index contributed by atoms with van der Waals surface area (Å²) in [5.74, 6) is -0.0783. The van der Waals surface area contributed by atoms with E-state index >= 15 is 0 Å². The van der Waals surface area contributed by atoms with Crippen LogP contribution in [0, 0.1) is 5.82 Å². The van der Waals surface area contributed by atoms with Gasteiger partial charge in [-0.1, -0.05) is 13.8 Å². The molecule has 1 aromatic heterocycles. The number of nitrogens with one attached hydrogen (secondary N) is 1. The summed E-state index contributed by atoms with van der Waals surface area (Å²) >= 11 is 0. The molecule has 1 heterocycles. The molecule has 0 saturated carbocycles. The van der Waals surface area contributed by atoms with Crippen LogP contribution in [0.3, 0.4) is 0 Å². The molecule has 2 aromatic rings. The fourth-order valence-electron chi connectivity index (χ4n) is 1.98. The lowest BCUT2D eigenvalue weighted by Gasteiger charge is -2.11. The third-order valence-corrected chi connectivity index (χ3v) is 2.90. The summed E-state index contributed by atoms with van der Waals surface area (Å²) in [6.07, 6.45) is 1.28. The normalized spacial score (nSPS) is 10.8. The highest BCUT2D eigenvalue weighted by Gasteiger charge is 2.17. The van der Waals surface area contributed by atoms with Gasteiger partial charge in [0.25, 0.3) is 5.56 Å². The predicted octanol–water partition coefficient (Wildman–Crippen LogP) is 2.71. The van der Waals surface area contributed by atoms with Crippen LogP contribution >= 0.6 is 0 Å². The van der Waals surface area contributed by atoms with Crippen LogP contribution in [0.15, 0.2) is 29.3 Å². The maximum atomic E-state index is 14.1. The molecule has 19 heavy (non-hydrogen) atoms. The standard InChI is InChI=1S/C14H15FN2O2/c1-8(2)12-13(16-7-17-14(12)18)10-5-4-9(19-3)6-11(10)15/h4-8H,1-3H3,(H,16,17,18). The molecule has 0 aliphatic heterocycles. The second-order valence-corrected chi connectivity index (χ2v) is 4.49. The number of rotatable bonds is 3. The Morgan fingerprint density at radius 3 is 2.68 bits per heavy atom. The first-order valence-corrected chi connectivity index (χ1v) is 5.96. The van der Waals surface area contributed by atoms with Crippen molar-refractivity contribution in [1.82, 2.24) is 9.97 Å². The Morgan fingerprint density at radius 2 is 2.11 bits per heavy atom. The third kappa shape index (κ3) is 2.50. The van der Waals surface area contributed by atoms with E-state index < -0.39 is 5.82 Å². The summed E-state index contributed by atoms with van der Waals surface area (Å²) in [6.45, 7) is 3.74. The summed E-state index contributed by atoms with van der Waals surface area (Å²) in [7, 11) is 1.47. The highest BCUT2D eigenvalue weighted by atomic mass is 19.1. The molecule has 0 unspecified atom stereocenters. The number of benzene rings is 1. The quantitative estimate of drug-likeness (QED) is 0.925. The molecular formula is C14H15FN2O2. The fourth-order valence-corrected chi connectivity index (χ4v) is 1.98. The third-order valence-electron chi connectivity index (χ3n) is 2.90. The Bertz CT molecular complexity index is 650. The highest BCUT2D eigenvalue weighted by Crippen LogP contribution is 2.28. The van der Waals surface area contributed by atoms with Crippen molar-refractivity contribution in [3.05, 3.63) is 46.3 Å². The second kappa shape index (κ2) is 5.22. The Hall–Kier alpha value is -2.17. The van der Waals surface area contributed by atoms with E-state index in [-0.39, 0.29) is 11.5 Å². The van der Waals surface area contributed by atoms with Crippen LogP contribution in [0.5, 0.6) is 5.75 Å². The second-order valence-electron chi connectivity index (χ2n) is 4.49. The molecule has 0 bridgehead atoms. The van der Waals surface area contributed by atoms with Gasteiger partial charge in [-0.3, -0.25) is 4.79 Å². The summed E-state index contributed by atoms with van der Waals surface area (Å²) < 4.78 is 19.0. The maximum absolute atomic E-state index is 14.1. The minimum absolute atomic E-state index is 0.0473. The Labute approximate surface area is 110 Å². The molecule has 2 rings (SSSR count). The summed E-state index contributed by atoms with van der Waals surface area (Å²) in [5.41, 5.74) is 0.913. The van der Waals surface area contributed by atoms with Crippen molar-refractivity contribution < 1.29 is 9.13 Å². The molecule has 0 fully saturated rings. The van der Waals surface area contributed by atoms with Gasteiger partial charge >= 0.3 is 0 Å². The van der Waals surface area contributed by atoms with Gasteiger partial charge in [-0.25, -0.2) is 9.37 Å². The Balaban J connectivity index is 2.66. The molecule has 0 aliphatic rings. The van der Waals surface area contributed by atoms with Crippen LogP contribution in [0.2, 0.25) is 0 Å². The lowest BCUT2D eigenvalue weighted by atomic mass is 9.98. The van der Waals surface area contributed by atoms with Crippen LogP contribution in [-0.4, -0.2) is 17.1 Å². The first-order chi connectivity index (χ1) is 9.04.